The summed E-state index contributed by atoms with van der Waals surface area (Å²) in [6.07, 6.45) is 3.95. The quantitative estimate of drug-likeness (QED) is 0.751. The van der Waals surface area contributed by atoms with Crippen molar-refractivity contribution in [3.05, 3.63) is 46.4 Å². The average Bonchev–Trinajstić information content (AvgIpc) is 2.39. The molecule has 96 valence electrons. The van der Waals surface area contributed by atoms with Crippen LogP contribution in [-0.2, 0) is 0 Å². The van der Waals surface area contributed by atoms with Crippen LogP contribution in [0.2, 0.25) is 0 Å². The van der Waals surface area contributed by atoms with Crippen molar-refractivity contribution in [2.75, 3.05) is 0 Å². The van der Waals surface area contributed by atoms with Gasteiger partial charge >= 0.3 is 0 Å². The van der Waals surface area contributed by atoms with Gasteiger partial charge in [0, 0.05) is 4.47 Å². The maximum atomic E-state index is 10.3. The Labute approximate surface area is 117 Å². The molecule has 0 heterocycles. The molecule has 1 unspecified atom stereocenters. The van der Waals surface area contributed by atoms with E-state index in [-0.39, 0.29) is 6.10 Å². The van der Waals surface area contributed by atoms with Crippen molar-refractivity contribution in [2.24, 2.45) is 0 Å². The number of benzene rings is 2. The van der Waals surface area contributed by atoms with Gasteiger partial charge in [0.1, 0.15) is 0 Å². The lowest BCUT2D eigenvalue weighted by molar-refractivity contribution is 0.165. The summed E-state index contributed by atoms with van der Waals surface area (Å²) >= 11 is 3.56. The molecule has 0 spiro atoms. The summed E-state index contributed by atoms with van der Waals surface area (Å²) in [5, 5.41) is 12.6. The highest BCUT2D eigenvalue weighted by molar-refractivity contribution is 9.10. The molecule has 0 fully saturated rings. The van der Waals surface area contributed by atoms with E-state index < -0.39 is 0 Å². The van der Waals surface area contributed by atoms with Crippen LogP contribution in [0.3, 0.4) is 0 Å². The van der Waals surface area contributed by atoms with E-state index in [1.54, 1.807) is 0 Å². The first-order valence-electron chi connectivity index (χ1n) is 6.59. The average molecular weight is 307 g/mol. The van der Waals surface area contributed by atoms with Crippen LogP contribution in [0.15, 0.2) is 40.9 Å². The molecule has 1 nitrogen and oxygen atoms in total. The summed E-state index contributed by atoms with van der Waals surface area (Å²) in [6.45, 7) is 2.18. The zero-order chi connectivity index (χ0) is 13.0. The number of unbranched alkanes of at least 4 members (excludes halogenated alkanes) is 2. The highest BCUT2D eigenvalue weighted by atomic mass is 79.9. The van der Waals surface area contributed by atoms with Gasteiger partial charge in [-0.05, 0) is 28.8 Å². The lowest BCUT2D eigenvalue weighted by atomic mass is 9.97. The maximum absolute atomic E-state index is 10.3. The van der Waals surface area contributed by atoms with Crippen LogP contribution in [0, 0.1) is 0 Å². The molecular weight excluding hydrogens is 288 g/mol. The van der Waals surface area contributed by atoms with Gasteiger partial charge in [0.15, 0.2) is 0 Å². The fourth-order valence-corrected chi connectivity index (χ4v) is 2.80. The van der Waals surface area contributed by atoms with Crippen LogP contribution < -0.4 is 0 Å². The molecule has 18 heavy (non-hydrogen) atoms. The Kier molecular flexibility index (Phi) is 4.79. The molecule has 2 aromatic carbocycles. The number of rotatable bonds is 5. The molecule has 0 aliphatic rings. The van der Waals surface area contributed by atoms with E-state index in [1.807, 2.05) is 24.3 Å². The van der Waals surface area contributed by atoms with E-state index in [0.29, 0.717) is 0 Å². The van der Waals surface area contributed by atoms with Crippen molar-refractivity contribution < 1.29 is 5.11 Å². The Hall–Kier alpha value is -0.860. The Morgan fingerprint density at radius 1 is 1.06 bits per heavy atom. The molecule has 0 amide bonds. The van der Waals surface area contributed by atoms with Crippen LogP contribution in [-0.4, -0.2) is 5.11 Å². The number of halogens is 1. The number of aliphatic hydroxyl groups excluding tert-OH is 1. The monoisotopic (exact) mass is 306 g/mol. The molecule has 0 aliphatic heterocycles. The molecule has 2 aromatic rings. The normalized spacial score (nSPS) is 12.8. The van der Waals surface area contributed by atoms with Crippen LogP contribution in [0.1, 0.15) is 44.3 Å². The van der Waals surface area contributed by atoms with Gasteiger partial charge in [-0.2, -0.15) is 0 Å². The first kappa shape index (κ1) is 13.6. The molecule has 1 N–H and O–H groups in total. The Balaban J connectivity index is 2.30. The van der Waals surface area contributed by atoms with E-state index in [9.17, 15) is 5.11 Å². The molecular formula is C16H19BrO. The summed E-state index contributed by atoms with van der Waals surface area (Å²) < 4.78 is 1.09. The zero-order valence-corrected chi connectivity index (χ0v) is 12.3. The highest BCUT2D eigenvalue weighted by Crippen LogP contribution is 2.32. The second-order valence-electron chi connectivity index (χ2n) is 4.69. The second-order valence-corrected chi connectivity index (χ2v) is 5.55. The molecule has 0 radical (unpaired) electrons. The highest BCUT2D eigenvalue weighted by Gasteiger charge is 2.11. The molecule has 0 aliphatic carbocycles. The number of hydrogen-bond acceptors (Lipinski definition) is 1. The van der Waals surface area contributed by atoms with Gasteiger partial charge in [0.2, 0.25) is 0 Å². The van der Waals surface area contributed by atoms with Crippen LogP contribution in [0.4, 0.5) is 0 Å². The summed E-state index contributed by atoms with van der Waals surface area (Å²) in [4.78, 5) is 0. The predicted octanol–water partition coefficient (Wildman–Crippen LogP) is 5.22. The van der Waals surface area contributed by atoms with Gasteiger partial charge in [-0.15, -0.1) is 0 Å². The van der Waals surface area contributed by atoms with E-state index in [0.717, 1.165) is 28.3 Å². The molecule has 0 saturated carbocycles. The van der Waals surface area contributed by atoms with Gasteiger partial charge in [-0.1, -0.05) is 72.4 Å². The van der Waals surface area contributed by atoms with Crippen molar-refractivity contribution >= 4 is 26.7 Å². The lowest BCUT2D eigenvalue weighted by Gasteiger charge is -2.14. The minimum Gasteiger partial charge on any atom is -0.388 e. The topological polar surface area (TPSA) is 20.2 Å². The fourth-order valence-electron chi connectivity index (χ4n) is 2.32. The molecule has 0 aromatic heterocycles. The van der Waals surface area contributed by atoms with Crippen molar-refractivity contribution in [2.45, 2.75) is 38.7 Å². The van der Waals surface area contributed by atoms with Crippen molar-refractivity contribution in [1.82, 2.24) is 0 Å². The first-order chi connectivity index (χ1) is 8.74. The van der Waals surface area contributed by atoms with Gasteiger partial charge < -0.3 is 5.11 Å². The van der Waals surface area contributed by atoms with Crippen molar-refractivity contribution in [3.8, 4) is 0 Å². The SMILES string of the molecule is CCCCCC(O)c1ccc(Br)c2ccccc12. The molecule has 2 heteroatoms. The summed E-state index contributed by atoms with van der Waals surface area (Å²) in [6, 6.07) is 12.3. The predicted molar refractivity (Wildman–Crippen MR) is 80.7 cm³/mol. The van der Waals surface area contributed by atoms with Crippen molar-refractivity contribution in [1.29, 1.82) is 0 Å². The standard InChI is InChI=1S/C16H19BrO/c1-2-3-4-9-16(18)14-10-11-15(17)13-8-6-5-7-12(13)14/h5-8,10-11,16,18H,2-4,9H2,1H3. The van der Waals surface area contributed by atoms with Gasteiger partial charge in [-0.3, -0.25) is 0 Å². The molecule has 1 atom stereocenters. The Morgan fingerprint density at radius 2 is 1.78 bits per heavy atom. The maximum Gasteiger partial charge on any atom is 0.0796 e. The minimum absolute atomic E-state index is 0.352. The van der Waals surface area contributed by atoms with Gasteiger partial charge in [0.25, 0.3) is 0 Å². The fraction of sp³-hybridized carbons (Fsp3) is 0.375. The largest absolute Gasteiger partial charge is 0.388 e. The van der Waals surface area contributed by atoms with Crippen LogP contribution >= 0.6 is 15.9 Å². The summed E-state index contributed by atoms with van der Waals surface area (Å²) in [5.74, 6) is 0. The second kappa shape index (κ2) is 6.35. The number of hydrogen-bond donors (Lipinski definition) is 1. The van der Waals surface area contributed by atoms with E-state index in [2.05, 4.69) is 35.0 Å². The van der Waals surface area contributed by atoms with Crippen LogP contribution in [0.5, 0.6) is 0 Å². The smallest absolute Gasteiger partial charge is 0.0796 e. The molecule has 0 bridgehead atoms. The molecule has 0 saturated heterocycles. The third-order valence-electron chi connectivity index (χ3n) is 3.34. The summed E-state index contributed by atoms with van der Waals surface area (Å²) in [7, 11) is 0. The van der Waals surface area contributed by atoms with Gasteiger partial charge in [-0.25, -0.2) is 0 Å². The molecule has 2 rings (SSSR count). The van der Waals surface area contributed by atoms with E-state index >= 15 is 0 Å². The third kappa shape index (κ3) is 2.93. The Bertz CT molecular complexity index is 521. The summed E-state index contributed by atoms with van der Waals surface area (Å²) in [5.41, 5.74) is 1.05. The Morgan fingerprint density at radius 3 is 2.50 bits per heavy atom. The minimum atomic E-state index is -0.352. The third-order valence-corrected chi connectivity index (χ3v) is 4.04. The number of aliphatic hydroxyl groups is 1. The number of fused-ring (bicyclic) bond motifs is 1. The zero-order valence-electron chi connectivity index (χ0n) is 10.7. The van der Waals surface area contributed by atoms with E-state index in [1.165, 1.54) is 18.2 Å². The first-order valence-corrected chi connectivity index (χ1v) is 7.38. The van der Waals surface area contributed by atoms with E-state index in [4.69, 9.17) is 0 Å². The van der Waals surface area contributed by atoms with Gasteiger partial charge in [0.05, 0.1) is 6.10 Å². The van der Waals surface area contributed by atoms with Crippen LogP contribution in [0.25, 0.3) is 10.8 Å². The van der Waals surface area contributed by atoms with Crippen molar-refractivity contribution in [3.63, 3.8) is 0 Å². The lowest BCUT2D eigenvalue weighted by Crippen LogP contribution is -1.98.